The van der Waals surface area contributed by atoms with Gasteiger partial charge in [-0.2, -0.15) is 8.78 Å². The molecule has 1 atom stereocenters. The second-order valence-electron chi connectivity index (χ2n) is 7.25. The van der Waals surface area contributed by atoms with Crippen LogP contribution in [-0.2, 0) is 9.53 Å². The second-order valence-corrected chi connectivity index (χ2v) is 7.25. The molecule has 0 fully saturated rings. The highest BCUT2D eigenvalue weighted by molar-refractivity contribution is 5.90. The molecule has 1 unspecified atom stereocenters. The Kier molecular flexibility index (Phi) is 6.39. The van der Waals surface area contributed by atoms with Crippen LogP contribution in [0.1, 0.15) is 58.3 Å². The van der Waals surface area contributed by atoms with Gasteiger partial charge in [-0.3, -0.25) is 0 Å². The normalized spacial score (nSPS) is 14.7. The monoisotopic (exact) mass is 371 g/mol. The maximum atomic E-state index is 14.1. The third kappa shape index (κ3) is 4.51. The molecule has 0 aliphatic carbocycles. The van der Waals surface area contributed by atoms with Crippen molar-refractivity contribution >= 4 is 11.9 Å². The predicted molar refractivity (Wildman–Crippen MR) is 90.1 cm³/mol. The number of carboxylic acid groups (broad SMARTS) is 1. The van der Waals surface area contributed by atoms with Crippen LogP contribution >= 0.6 is 0 Å². The number of hydrogen-bond acceptors (Lipinski definition) is 5. The molecule has 0 bridgehead atoms. The first-order valence-electron chi connectivity index (χ1n) is 8.38. The number of ether oxygens (including phenoxy) is 2. The van der Waals surface area contributed by atoms with Crippen molar-refractivity contribution in [1.29, 1.82) is 0 Å². The summed E-state index contributed by atoms with van der Waals surface area (Å²) < 4.78 is 38.8. The first-order chi connectivity index (χ1) is 11.8. The van der Waals surface area contributed by atoms with E-state index >= 15 is 0 Å². The second kappa shape index (κ2) is 7.60. The summed E-state index contributed by atoms with van der Waals surface area (Å²) in [4.78, 5) is 23.1. The summed E-state index contributed by atoms with van der Waals surface area (Å²) >= 11 is 0. The fourth-order valence-corrected chi connectivity index (χ4v) is 2.05. The van der Waals surface area contributed by atoms with Crippen LogP contribution < -0.4 is 9.84 Å². The van der Waals surface area contributed by atoms with Gasteiger partial charge in [0.15, 0.2) is 5.60 Å². The Morgan fingerprint density at radius 1 is 1.12 bits per heavy atom. The largest absolute Gasteiger partial charge is 0.544 e. The lowest BCUT2D eigenvalue weighted by molar-refractivity contribution is -0.345. The number of hydrogen-bond donors (Lipinski definition) is 0. The van der Waals surface area contributed by atoms with E-state index < -0.39 is 35.0 Å². The lowest BCUT2D eigenvalue weighted by atomic mass is 9.85. The standard InChI is InChI=1S/C19H26F2O5/c1-7-17(4,5)25-14-10-8-13(9-11-14)15(22)26-18(6,12(2)3)19(20,21)16(23)24/h8-12H,7H2,1-6H3,(H,23,24)/p-1. The summed E-state index contributed by atoms with van der Waals surface area (Å²) in [6.45, 7) is 9.35. The van der Waals surface area contributed by atoms with E-state index in [0.717, 1.165) is 13.3 Å². The van der Waals surface area contributed by atoms with Gasteiger partial charge in [-0.15, -0.1) is 0 Å². The van der Waals surface area contributed by atoms with E-state index in [0.29, 0.717) is 5.75 Å². The van der Waals surface area contributed by atoms with E-state index in [4.69, 9.17) is 9.47 Å². The third-order valence-corrected chi connectivity index (χ3v) is 4.62. The number of carbonyl (C=O) groups is 2. The molecule has 0 radical (unpaired) electrons. The highest BCUT2D eigenvalue weighted by atomic mass is 19.3. The van der Waals surface area contributed by atoms with Crippen LogP contribution in [0.25, 0.3) is 0 Å². The summed E-state index contributed by atoms with van der Waals surface area (Å²) in [5.41, 5.74) is -2.94. The zero-order valence-corrected chi connectivity index (χ0v) is 15.9. The molecule has 1 rings (SSSR count). The average molecular weight is 371 g/mol. The van der Waals surface area contributed by atoms with Crippen LogP contribution in [0.15, 0.2) is 24.3 Å². The smallest absolute Gasteiger partial charge is 0.338 e. The van der Waals surface area contributed by atoms with Crippen LogP contribution in [0.4, 0.5) is 8.78 Å². The number of aliphatic carboxylic acids is 1. The van der Waals surface area contributed by atoms with Crippen LogP contribution in [0.3, 0.4) is 0 Å². The van der Waals surface area contributed by atoms with Gasteiger partial charge in [0.2, 0.25) is 0 Å². The van der Waals surface area contributed by atoms with Crippen LogP contribution in [0.5, 0.6) is 5.75 Å². The number of carbonyl (C=O) groups excluding carboxylic acids is 2. The Hall–Kier alpha value is -2.18. The van der Waals surface area contributed by atoms with Crippen LogP contribution in [0, 0.1) is 5.92 Å². The predicted octanol–water partition coefficient (Wildman–Crippen LogP) is 3.21. The molecule has 0 heterocycles. The molecule has 0 aliphatic rings. The van der Waals surface area contributed by atoms with Crippen molar-refractivity contribution in [3.63, 3.8) is 0 Å². The van der Waals surface area contributed by atoms with Crippen molar-refractivity contribution in [1.82, 2.24) is 0 Å². The minimum atomic E-state index is -4.34. The molecular weight excluding hydrogens is 346 g/mol. The maximum absolute atomic E-state index is 14.1. The lowest BCUT2D eigenvalue weighted by Crippen LogP contribution is -2.61. The number of halogens is 2. The van der Waals surface area contributed by atoms with Crippen molar-refractivity contribution in [3.8, 4) is 5.75 Å². The highest BCUT2D eigenvalue weighted by Gasteiger charge is 2.56. The summed E-state index contributed by atoms with van der Waals surface area (Å²) in [5, 5.41) is 10.8. The fraction of sp³-hybridized carbons (Fsp3) is 0.579. The van der Waals surface area contributed by atoms with E-state index in [1.165, 1.54) is 38.1 Å². The maximum Gasteiger partial charge on any atom is 0.338 e. The summed E-state index contributed by atoms with van der Waals surface area (Å²) in [7, 11) is 0. The minimum absolute atomic E-state index is 0.00711. The topological polar surface area (TPSA) is 75.7 Å². The first kappa shape index (κ1) is 21.9. The summed E-state index contributed by atoms with van der Waals surface area (Å²) in [6, 6.07) is 5.80. The van der Waals surface area contributed by atoms with Crippen LogP contribution in [-0.4, -0.2) is 29.1 Å². The van der Waals surface area contributed by atoms with Gasteiger partial charge >= 0.3 is 11.9 Å². The van der Waals surface area contributed by atoms with E-state index in [1.807, 2.05) is 20.8 Å². The SMILES string of the molecule is CCC(C)(C)Oc1ccc(C(=O)OC(C)(C(C)C)C(F)(F)C(=O)[O-])cc1. The van der Waals surface area contributed by atoms with Gasteiger partial charge in [0.05, 0.1) is 5.56 Å². The minimum Gasteiger partial charge on any atom is -0.544 e. The highest BCUT2D eigenvalue weighted by Crippen LogP contribution is 2.38. The number of carboxylic acids is 1. The Morgan fingerprint density at radius 3 is 2.00 bits per heavy atom. The van der Waals surface area contributed by atoms with E-state index in [1.54, 1.807) is 0 Å². The van der Waals surface area contributed by atoms with E-state index in [-0.39, 0.29) is 5.56 Å². The molecule has 1 aromatic rings. The quantitative estimate of drug-likeness (QED) is 0.656. The summed E-state index contributed by atoms with van der Waals surface area (Å²) in [6.07, 6.45) is 0.766. The molecule has 5 nitrogen and oxygen atoms in total. The van der Waals surface area contributed by atoms with Crippen LogP contribution in [0.2, 0.25) is 0 Å². The Bertz CT molecular complexity index is 652. The lowest BCUT2D eigenvalue weighted by Gasteiger charge is -2.40. The van der Waals surface area contributed by atoms with E-state index in [9.17, 15) is 23.5 Å². The van der Waals surface area contributed by atoms with Gasteiger partial charge in [0.25, 0.3) is 0 Å². The molecule has 7 heteroatoms. The number of alkyl halides is 2. The van der Waals surface area contributed by atoms with E-state index in [2.05, 4.69) is 0 Å². The van der Waals surface area contributed by atoms with Crippen molar-refractivity contribution in [2.45, 2.75) is 65.1 Å². The summed E-state index contributed by atoms with van der Waals surface area (Å²) in [5.74, 6) is -8.44. The van der Waals surface area contributed by atoms with Crippen molar-refractivity contribution < 1.29 is 33.0 Å². The zero-order chi connectivity index (χ0) is 20.3. The third-order valence-electron chi connectivity index (χ3n) is 4.62. The van der Waals surface area contributed by atoms with Crippen molar-refractivity contribution in [3.05, 3.63) is 29.8 Å². The first-order valence-corrected chi connectivity index (χ1v) is 8.38. The number of benzene rings is 1. The number of esters is 1. The Labute approximate surface area is 152 Å². The molecule has 0 N–H and O–H groups in total. The van der Waals surface area contributed by atoms with Gasteiger partial charge in [0, 0.05) is 0 Å². The fourth-order valence-electron chi connectivity index (χ4n) is 2.05. The molecule has 0 aromatic heterocycles. The van der Waals surface area contributed by atoms with Crippen molar-refractivity contribution in [2.24, 2.45) is 5.92 Å². The Balaban J connectivity index is 3.03. The number of rotatable bonds is 8. The van der Waals surface area contributed by atoms with Gasteiger partial charge in [0.1, 0.15) is 17.3 Å². The van der Waals surface area contributed by atoms with Gasteiger partial charge in [-0.25, -0.2) is 4.79 Å². The van der Waals surface area contributed by atoms with Gasteiger partial charge < -0.3 is 19.4 Å². The molecule has 0 spiro atoms. The van der Waals surface area contributed by atoms with Gasteiger partial charge in [-0.05, 0) is 57.4 Å². The Morgan fingerprint density at radius 2 is 1.62 bits per heavy atom. The average Bonchev–Trinajstić information content (AvgIpc) is 2.54. The molecule has 1 aromatic carbocycles. The molecule has 0 saturated heterocycles. The molecule has 26 heavy (non-hydrogen) atoms. The molecular formula is C19H25F2O5-. The molecule has 0 aliphatic heterocycles. The van der Waals surface area contributed by atoms with Gasteiger partial charge in [-0.1, -0.05) is 20.8 Å². The van der Waals surface area contributed by atoms with Crippen molar-refractivity contribution in [2.75, 3.05) is 0 Å². The molecule has 0 saturated carbocycles. The molecule has 146 valence electrons. The zero-order valence-electron chi connectivity index (χ0n) is 15.9. The molecule has 0 amide bonds.